The number of rotatable bonds is 3. The summed E-state index contributed by atoms with van der Waals surface area (Å²) in [6.45, 7) is 3.70. The van der Waals surface area contributed by atoms with Crippen LogP contribution in [0.15, 0.2) is 0 Å². The first-order valence-electron chi connectivity index (χ1n) is 4.53. The lowest BCUT2D eigenvalue weighted by atomic mass is 9.98. The van der Waals surface area contributed by atoms with Gasteiger partial charge in [-0.15, -0.1) is 0 Å². The number of esters is 1. The van der Waals surface area contributed by atoms with E-state index in [-0.39, 0.29) is 18.0 Å². The molecular formula is C9H16O3. The number of aliphatic hydroxyl groups is 1. The lowest BCUT2D eigenvalue weighted by Gasteiger charge is -2.10. The van der Waals surface area contributed by atoms with Gasteiger partial charge in [-0.25, -0.2) is 0 Å². The molecule has 0 amide bonds. The zero-order chi connectivity index (χ0) is 9.14. The Morgan fingerprint density at radius 2 is 2.42 bits per heavy atom. The Balaban J connectivity index is 2.44. The van der Waals surface area contributed by atoms with Gasteiger partial charge in [0.05, 0.1) is 12.0 Å². The molecule has 12 heavy (non-hydrogen) atoms. The fraction of sp³-hybridized carbons (Fsp3) is 0.889. The van der Waals surface area contributed by atoms with E-state index in [2.05, 4.69) is 0 Å². The van der Waals surface area contributed by atoms with E-state index in [1.165, 1.54) is 0 Å². The molecule has 0 aromatic carbocycles. The van der Waals surface area contributed by atoms with Crippen molar-refractivity contribution in [2.24, 2.45) is 5.92 Å². The summed E-state index contributed by atoms with van der Waals surface area (Å²) in [5.41, 5.74) is 0. The molecule has 3 atom stereocenters. The summed E-state index contributed by atoms with van der Waals surface area (Å²) in [6, 6.07) is 0. The molecule has 3 nitrogen and oxygen atoms in total. The monoisotopic (exact) mass is 172 g/mol. The summed E-state index contributed by atoms with van der Waals surface area (Å²) in [6.07, 6.45) is 1.75. The zero-order valence-corrected chi connectivity index (χ0v) is 7.62. The number of cyclic esters (lactones) is 1. The Labute approximate surface area is 72.7 Å². The van der Waals surface area contributed by atoms with Crippen molar-refractivity contribution in [3.8, 4) is 0 Å². The predicted octanol–water partition coefficient (Wildman–Crippen LogP) is 1.10. The quantitative estimate of drug-likeness (QED) is 0.648. The van der Waals surface area contributed by atoms with Crippen LogP contribution in [0.1, 0.15) is 33.1 Å². The Kier molecular flexibility index (Phi) is 3.09. The summed E-state index contributed by atoms with van der Waals surface area (Å²) < 4.78 is 5.00. The molecule has 1 N–H and O–H groups in total. The topological polar surface area (TPSA) is 46.5 Å². The molecule has 1 saturated heterocycles. The van der Waals surface area contributed by atoms with Crippen LogP contribution in [0.3, 0.4) is 0 Å². The van der Waals surface area contributed by atoms with Crippen LogP contribution in [0.4, 0.5) is 0 Å². The van der Waals surface area contributed by atoms with Gasteiger partial charge in [-0.3, -0.25) is 4.79 Å². The maximum Gasteiger partial charge on any atom is 0.309 e. The number of ether oxygens (including phenoxy) is 1. The SMILES string of the molecule is CCC[C@H]1C[C@@H]([C@H](C)O)OC1=O. The van der Waals surface area contributed by atoms with Crippen molar-refractivity contribution >= 4 is 5.97 Å². The van der Waals surface area contributed by atoms with Gasteiger partial charge in [-0.1, -0.05) is 13.3 Å². The third-order valence-electron chi connectivity index (χ3n) is 2.29. The number of carbonyl (C=O) groups is 1. The van der Waals surface area contributed by atoms with E-state index in [4.69, 9.17) is 4.74 Å². The highest BCUT2D eigenvalue weighted by Crippen LogP contribution is 2.26. The van der Waals surface area contributed by atoms with Crippen molar-refractivity contribution in [1.29, 1.82) is 0 Å². The average Bonchev–Trinajstić information content (AvgIpc) is 2.34. The second-order valence-corrected chi connectivity index (χ2v) is 3.44. The van der Waals surface area contributed by atoms with Gasteiger partial charge in [0.2, 0.25) is 0 Å². The fourth-order valence-electron chi connectivity index (χ4n) is 1.55. The minimum Gasteiger partial charge on any atom is -0.459 e. The molecule has 0 radical (unpaired) electrons. The first-order chi connectivity index (χ1) is 5.65. The zero-order valence-electron chi connectivity index (χ0n) is 7.62. The molecule has 1 fully saturated rings. The predicted molar refractivity (Wildman–Crippen MR) is 44.6 cm³/mol. The lowest BCUT2D eigenvalue weighted by Crippen LogP contribution is -2.21. The molecule has 0 aromatic rings. The third-order valence-corrected chi connectivity index (χ3v) is 2.29. The van der Waals surface area contributed by atoms with E-state index in [9.17, 15) is 9.90 Å². The Hall–Kier alpha value is -0.570. The summed E-state index contributed by atoms with van der Waals surface area (Å²) in [5.74, 6) is -0.114. The van der Waals surface area contributed by atoms with Crippen LogP contribution in [0, 0.1) is 5.92 Å². The van der Waals surface area contributed by atoms with Crippen LogP contribution in [0.5, 0.6) is 0 Å². The molecule has 1 rings (SSSR count). The van der Waals surface area contributed by atoms with E-state index in [1.54, 1.807) is 6.92 Å². The largest absolute Gasteiger partial charge is 0.459 e. The number of hydrogen-bond acceptors (Lipinski definition) is 3. The van der Waals surface area contributed by atoms with Gasteiger partial charge in [-0.05, 0) is 13.3 Å². The van der Waals surface area contributed by atoms with Crippen LogP contribution in [0.25, 0.3) is 0 Å². The first kappa shape index (κ1) is 9.52. The van der Waals surface area contributed by atoms with Crippen molar-refractivity contribution in [1.82, 2.24) is 0 Å². The third kappa shape index (κ3) is 1.97. The van der Waals surface area contributed by atoms with Crippen LogP contribution in [-0.4, -0.2) is 23.3 Å². The fourth-order valence-corrected chi connectivity index (χ4v) is 1.55. The molecule has 70 valence electrons. The van der Waals surface area contributed by atoms with Crippen LogP contribution in [0.2, 0.25) is 0 Å². The second-order valence-electron chi connectivity index (χ2n) is 3.44. The van der Waals surface area contributed by atoms with Gasteiger partial charge in [0.25, 0.3) is 0 Å². The van der Waals surface area contributed by atoms with Crippen molar-refractivity contribution in [2.45, 2.75) is 45.3 Å². The van der Waals surface area contributed by atoms with Gasteiger partial charge in [0.15, 0.2) is 0 Å². The van der Waals surface area contributed by atoms with Crippen LogP contribution >= 0.6 is 0 Å². The normalized spacial score (nSPS) is 31.8. The Morgan fingerprint density at radius 3 is 2.83 bits per heavy atom. The molecule has 1 aliphatic rings. The average molecular weight is 172 g/mol. The van der Waals surface area contributed by atoms with E-state index >= 15 is 0 Å². The summed E-state index contributed by atoms with van der Waals surface area (Å²) in [7, 11) is 0. The maximum absolute atomic E-state index is 11.1. The number of hydrogen-bond donors (Lipinski definition) is 1. The molecule has 3 heteroatoms. The highest BCUT2D eigenvalue weighted by atomic mass is 16.6. The highest BCUT2D eigenvalue weighted by Gasteiger charge is 2.35. The lowest BCUT2D eigenvalue weighted by molar-refractivity contribution is -0.147. The van der Waals surface area contributed by atoms with E-state index < -0.39 is 6.10 Å². The van der Waals surface area contributed by atoms with Gasteiger partial charge in [0, 0.05) is 6.42 Å². The minimum absolute atomic E-state index is 0.0228. The van der Waals surface area contributed by atoms with Crippen molar-refractivity contribution in [3.05, 3.63) is 0 Å². The van der Waals surface area contributed by atoms with E-state index in [0.29, 0.717) is 6.42 Å². The van der Waals surface area contributed by atoms with E-state index in [1.807, 2.05) is 6.92 Å². The van der Waals surface area contributed by atoms with Gasteiger partial charge in [-0.2, -0.15) is 0 Å². The molecule has 0 unspecified atom stereocenters. The van der Waals surface area contributed by atoms with Crippen molar-refractivity contribution < 1.29 is 14.6 Å². The Bertz CT molecular complexity index is 165. The number of aliphatic hydroxyl groups excluding tert-OH is 1. The van der Waals surface area contributed by atoms with Gasteiger partial charge >= 0.3 is 5.97 Å². The number of carbonyl (C=O) groups excluding carboxylic acids is 1. The highest BCUT2D eigenvalue weighted by molar-refractivity contribution is 5.74. The van der Waals surface area contributed by atoms with Gasteiger partial charge < -0.3 is 9.84 Å². The molecule has 0 aliphatic carbocycles. The van der Waals surface area contributed by atoms with E-state index in [0.717, 1.165) is 12.8 Å². The summed E-state index contributed by atoms with van der Waals surface area (Å²) in [4.78, 5) is 11.1. The summed E-state index contributed by atoms with van der Waals surface area (Å²) >= 11 is 0. The van der Waals surface area contributed by atoms with Crippen LogP contribution < -0.4 is 0 Å². The van der Waals surface area contributed by atoms with Crippen LogP contribution in [-0.2, 0) is 9.53 Å². The first-order valence-corrected chi connectivity index (χ1v) is 4.53. The van der Waals surface area contributed by atoms with Crippen molar-refractivity contribution in [3.63, 3.8) is 0 Å². The minimum atomic E-state index is -0.532. The molecule has 0 saturated carbocycles. The molecule has 0 aromatic heterocycles. The summed E-state index contributed by atoms with van der Waals surface area (Å²) in [5, 5.41) is 9.18. The Morgan fingerprint density at radius 1 is 1.75 bits per heavy atom. The molecule has 0 spiro atoms. The second kappa shape index (κ2) is 3.90. The standard InChI is InChI=1S/C9H16O3/c1-3-4-7-5-8(6(2)10)12-9(7)11/h6-8,10H,3-5H2,1-2H3/t6-,7-,8-/m0/s1. The smallest absolute Gasteiger partial charge is 0.309 e. The maximum atomic E-state index is 11.1. The van der Waals surface area contributed by atoms with Gasteiger partial charge in [0.1, 0.15) is 6.10 Å². The van der Waals surface area contributed by atoms with Crippen molar-refractivity contribution in [2.75, 3.05) is 0 Å². The molecular weight excluding hydrogens is 156 g/mol. The molecule has 0 bridgehead atoms. The molecule has 1 aliphatic heterocycles. The molecule has 1 heterocycles.